The van der Waals surface area contributed by atoms with Gasteiger partial charge in [0.1, 0.15) is 0 Å². The van der Waals surface area contributed by atoms with Crippen LogP contribution in [0.2, 0.25) is 5.02 Å². The Bertz CT molecular complexity index is 198. The second kappa shape index (κ2) is 2.85. The first-order valence-electron chi connectivity index (χ1n) is 2.68. The van der Waals surface area contributed by atoms with Crippen LogP contribution in [-0.4, -0.2) is 0 Å². The van der Waals surface area contributed by atoms with E-state index < -0.39 is 0 Å². The van der Waals surface area contributed by atoms with Gasteiger partial charge in [-0.05, 0) is 29.8 Å². The second-order valence-electron chi connectivity index (χ2n) is 1.76. The van der Waals surface area contributed by atoms with E-state index in [4.69, 9.17) is 17.3 Å². The minimum atomic E-state index is 0.525. The van der Waals surface area contributed by atoms with E-state index in [1.54, 1.807) is 6.07 Å². The maximum atomic E-state index is 5.64. The van der Waals surface area contributed by atoms with Crippen LogP contribution in [0.1, 0.15) is 5.56 Å². The van der Waals surface area contributed by atoms with Crippen molar-refractivity contribution in [2.45, 2.75) is 6.54 Å². The molecule has 0 bridgehead atoms. The quantitative estimate of drug-likeness (QED) is 0.630. The fraction of sp³-hybridized carbons (Fsp3) is 0.143. The molecule has 1 aromatic rings. The van der Waals surface area contributed by atoms with Crippen LogP contribution in [0.4, 0.5) is 0 Å². The van der Waals surface area contributed by atoms with Crippen LogP contribution in [0, 0.1) is 6.07 Å². The lowest BCUT2D eigenvalue weighted by Crippen LogP contribution is -1.94. The molecule has 9 heavy (non-hydrogen) atoms. The molecule has 47 valence electrons. The van der Waals surface area contributed by atoms with E-state index in [9.17, 15) is 0 Å². The Morgan fingerprint density at radius 1 is 1.56 bits per heavy atom. The first-order chi connectivity index (χ1) is 4.33. The van der Waals surface area contributed by atoms with Gasteiger partial charge in [0.05, 0.1) is 0 Å². The summed E-state index contributed by atoms with van der Waals surface area (Å²) in [5, 5.41) is 0.693. The van der Waals surface area contributed by atoms with E-state index in [2.05, 4.69) is 6.07 Å². The van der Waals surface area contributed by atoms with Gasteiger partial charge in [0.15, 0.2) is 0 Å². The molecule has 2 heteroatoms. The van der Waals surface area contributed by atoms with E-state index >= 15 is 0 Å². The minimum absolute atomic E-state index is 0.525. The Labute approximate surface area is 59.4 Å². The van der Waals surface area contributed by atoms with Crippen LogP contribution < -0.4 is 5.73 Å². The highest BCUT2D eigenvalue weighted by atomic mass is 35.5. The third-order valence-corrected chi connectivity index (χ3v) is 1.27. The molecule has 0 atom stereocenters. The highest BCUT2D eigenvalue weighted by molar-refractivity contribution is 6.30. The van der Waals surface area contributed by atoms with E-state index in [1.807, 2.05) is 12.1 Å². The fourth-order valence-electron chi connectivity index (χ4n) is 0.607. The summed E-state index contributed by atoms with van der Waals surface area (Å²) in [6, 6.07) is 8.23. The van der Waals surface area contributed by atoms with Crippen molar-refractivity contribution >= 4 is 11.6 Å². The van der Waals surface area contributed by atoms with Gasteiger partial charge in [0.2, 0.25) is 0 Å². The van der Waals surface area contributed by atoms with Crippen molar-refractivity contribution < 1.29 is 0 Å². The minimum Gasteiger partial charge on any atom is -0.326 e. The lowest BCUT2D eigenvalue weighted by atomic mass is 10.2. The fourth-order valence-corrected chi connectivity index (χ4v) is 0.810. The molecule has 0 spiro atoms. The molecule has 1 rings (SSSR count). The first kappa shape index (κ1) is 6.59. The normalized spacial score (nSPS) is 9.56. The van der Waals surface area contributed by atoms with Gasteiger partial charge in [-0.1, -0.05) is 11.6 Å². The van der Waals surface area contributed by atoms with E-state index in [-0.39, 0.29) is 0 Å². The Kier molecular flexibility index (Phi) is 2.09. The highest BCUT2D eigenvalue weighted by Gasteiger charge is 1.88. The van der Waals surface area contributed by atoms with Crippen molar-refractivity contribution in [3.8, 4) is 0 Å². The zero-order valence-electron chi connectivity index (χ0n) is 4.89. The van der Waals surface area contributed by atoms with Gasteiger partial charge in [0.25, 0.3) is 0 Å². The summed E-state index contributed by atoms with van der Waals surface area (Å²) in [5.74, 6) is 0. The topological polar surface area (TPSA) is 26.0 Å². The van der Waals surface area contributed by atoms with E-state index in [0.717, 1.165) is 5.56 Å². The number of hydrogen-bond donors (Lipinski definition) is 1. The standard InChI is InChI=1S/C7H7ClN/c8-7-3-1-2-6(4-7)5-9/h2-4H,5,9H2. The van der Waals surface area contributed by atoms with Crippen molar-refractivity contribution in [3.63, 3.8) is 0 Å². The Morgan fingerprint density at radius 2 is 2.33 bits per heavy atom. The second-order valence-corrected chi connectivity index (χ2v) is 2.20. The summed E-state index contributed by atoms with van der Waals surface area (Å²) in [5.41, 5.74) is 6.36. The van der Waals surface area contributed by atoms with Crippen LogP contribution in [0.25, 0.3) is 0 Å². The van der Waals surface area contributed by atoms with Gasteiger partial charge in [-0.15, -0.1) is 0 Å². The summed E-state index contributed by atoms with van der Waals surface area (Å²) in [6.07, 6.45) is 0. The molecule has 0 saturated heterocycles. The number of hydrogen-bond acceptors (Lipinski definition) is 1. The first-order valence-corrected chi connectivity index (χ1v) is 3.06. The summed E-state index contributed by atoms with van der Waals surface area (Å²) >= 11 is 5.64. The average Bonchev–Trinajstić information content (AvgIpc) is 1.88. The monoisotopic (exact) mass is 140 g/mol. The molecule has 0 saturated carbocycles. The van der Waals surface area contributed by atoms with Gasteiger partial charge in [-0.3, -0.25) is 0 Å². The highest BCUT2D eigenvalue weighted by Crippen LogP contribution is 2.08. The lowest BCUT2D eigenvalue weighted by Gasteiger charge is -1.93. The number of rotatable bonds is 1. The molecule has 0 fully saturated rings. The SMILES string of the molecule is NCc1c[c]cc(Cl)c1. The zero-order chi connectivity index (χ0) is 6.69. The molecule has 0 aliphatic heterocycles. The largest absolute Gasteiger partial charge is 0.326 e. The van der Waals surface area contributed by atoms with E-state index in [1.165, 1.54) is 0 Å². The van der Waals surface area contributed by atoms with Crippen LogP contribution in [-0.2, 0) is 6.54 Å². The third-order valence-electron chi connectivity index (χ3n) is 1.05. The predicted molar refractivity (Wildman–Crippen MR) is 38.2 cm³/mol. The molecule has 0 aliphatic rings. The van der Waals surface area contributed by atoms with Gasteiger partial charge < -0.3 is 5.73 Å². The molecule has 1 radical (unpaired) electrons. The van der Waals surface area contributed by atoms with Crippen molar-refractivity contribution in [2.24, 2.45) is 5.73 Å². The van der Waals surface area contributed by atoms with Gasteiger partial charge >= 0.3 is 0 Å². The van der Waals surface area contributed by atoms with Crippen molar-refractivity contribution in [1.29, 1.82) is 0 Å². The molecular formula is C7H7ClN. The summed E-state index contributed by atoms with van der Waals surface area (Å²) in [6.45, 7) is 0.525. The smallest absolute Gasteiger partial charge is 0.0415 e. The number of halogens is 1. The lowest BCUT2D eigenvalue weighted by molar-refractivity contribution is 1.07. The van der Waals surface area contributed by atoms with Gasteiger partial charge in [0, 0.05) is 11.6 Å². The Balaban J connectivity index is 2.94. The maximum Gasteiger partial charge on any atom is 0.0415 e. The van der Waals surface area contributed by atoms with Crippen LogP contribution in [0.5, 0.6) is 0 Å². The third kappa shape index (κ3) is 1.70. The van der Waals surface area contributed by atoms with Crippen molar-refractivity contribution in [1.82, 2.24) is 0 Å². The molecule has 2 N–H and O–H groups in total. The molecule has 1 aromatic carbocycles. The Morgan fingerprint density at radius 3 is 2.78 bits per heavy atom. The molecule has 0 heterocycles. The molecule has 0 aliphatic carbocycles. The number of benzene rings is 1. The Hall–Kier alpha value is -0.530. The van der Waals surface area contributed by atoms with Gasteiger partial charge in [-0.25, -0.2) is 0 Å². The van der Waals surface area contributed by atoms with Crippen molar-refractivity contribution in [2.75, 3.05) is 0 Å². The zero-order valence-corrected chi connectivity index (χ0v) is 5.65. The molecule has 0 amide bonds. The molecule has 1 nitrogen and oxygen atoms in total. The van der Waals surface area contributed by atoms with Crippen molar-refractivity contribution in [3.05, 3.63) is 34.9 Å². The van der Waals surface area contributed by atoms with E-state index in [0.29, 0.717) is 11.6 Å². The average molecular weight is 141 g/mol. The van der Waals surface area contributed by atoms with Crippen LogP contribution in [0.15, 0.2) is 18.2 Å². The summed E-state index contributed by atoms with van der Waals surface area (Å²) in [7, 11) is 0. The summed E-state index contributed by atoms with van der Waals surface area (Å²) in [4.78, 5) is 0. The van der Waals surface area contributed by atoms with Crippen LogP contribution in [0.3, 0.4) is 0 Å². The van der Waals surface area contributed by atoms with Crippen LogP contribution >= 0.6 is 11.6 Å². The summed E-state index contributed by atoms with van der Waals surface area (Å²) < 4.78 is 0. The molecule has 0 unspecified atom stereocenters. The maximum absolute atomic E-state index is 5.64. The molecular weight excluding hydrogens is 134 g/mol. The van der Waals surface area contributed by atoms with Gasteiger partial charge in [-0.2, -0.15) is 0 Å². The predicted octanol–water partition coefficient (Wildman–Crippen LogP) is 1.60. The molecule has 0 aromatic heterocycles. The number of nitrogens with two attached hydrogens (primary N) is 1.